The molecule has 72 valence electrons. The summed E-state index contributed by atoms with van der Waals surface area (Å²) in [6.45, 7) is 2.04. The van der Waals surface area contributed by atoms with Gasteiger partial charge in [0, 0.05) is 10.9 Å². The maximum Gasteiger partial charge on any atom is 0.214 e. The summed E-state index contributed by atoms with van der Waals surface area (Å²) >= 11 is 0.889. The first kappa shape index (κ1) is 10.1. The van der Waals surface area contributed by atoms with Crippen molar-refractivity contribution in [2.75, 3.05) is 6.61 Å². The van der Waals surface area contributed by atoms with Gasteiger partial charge in [-0.15, -0.1) is 11.3 Å². The second-order valence-corrected chi connectivity index (χ2v) is 3.25. The van der Waals surface area contributed by atoms with Crippen LogP contribution in [0.25, 0.3) is 0 Å². The molecule has 0 aliphatic carbocycles. The molecule has 0 aliphatic rings. The Bertz CT molecular complexity index is 300. The van der Waals surface area contributed by atoms with Gasteiger partial charge in [-0.2, -0.15) is 4.39 Å². The molecule has 0 radical (unpaired) electrons. The monoisotopic (exact) mass is 203 g/mol. The molecule has 2 N–H and O–H groups in total. The van der Waals surface area contributed by atoms with Crippen LogP contribution in [0.2, 0.25) is 0 Å². The predicted octanol–water partition coefficient (Wildman–Crippen LogP) is 1.93. The van der Waals surface area contributed by atoms with Crippen LogP contribution in [0.15, 0.2) is 11.4 Å². The molecule has 0 fully saturated rings. The summed E-state index contributed by atoms with van der Waals surface area (Å²) in [5.41, 5.74) is 0.362. The molecule has 1 atom stereocenters. The first-order valence-corrected chi connectivity index (χ1v) is 4.66. The lowest BCUT2D eigenvalue weighted by Crippen LogP contribution is -2.13. The zero-order valence-corrected chi connectivity index (χ0v) is 7.90. The van der Waals surface area contributed by atoms with E-state index in [1.807, 2.05) is 0 Å². The normalized spacial score (nSPS) is 12.5. The van der Waals surface area contributed by atoms with Gasteiger partial charge >= 0.3 is 0 Å². The highest BCUT2D eigenvalue weighted by atomic mass is 32.1. The minimum Gasteiger partial charge on any atom is -0.479 e. The molecule has 1 rings (SSSR count). The molecule has 1 aromatic rings. The number of ether oxygens (including phenoxy) is 1. The summed E-state index contributed by atoms with van der Waals surface area (Å²) in [4.78, 5) is 0. The first-order valence-electron chi connectivity index (χ1n) is 3.78. The van der Waals surface area contributed by atoms with Crippen molar-refractivity contribution < 1.29 is 14.2 Å². The van der Waals surface area contributed by atoms with Crippen LogP contribution < -0.4 is 0 Å². The van der Waals surface area contributed by atoms with Crippen LogP contribution in [0, 0.1) is 10.5 Å². The molecular formula is C8H10FNO2S. The lowest BCUT2D eigenvalue weighted by Gasteiger charge is -2.09. The van der Waals surface area contributed by atoms with E-state index in [0.29, 0.717) is 12.2 Å². The second kappa shape index (κ2) is 4.34. The Kier molecular flexibility index (Phi) is 3.39. The highest BCUT2D eigenvalue weighted by Crippen LogP contribution is 2.20. The van der Waals surface area contributed by atoms with Crippen LogP contribution in [-0.2, 0) is 4.74 Å². The Labute approximate surface area is 79.3 Å². The van der Waals surface area contributed by atoms with Crippen molar-refractivity contribution in [3.05, 3.63) is 22.1 Å². The largest absolute Gasteiger partial charge is 0.479 e. The summed E-state index contributed by atoms with van der Waals surface area (Å²) in [6, 6.07) is 1.20. The fourth-order valence-corrected chi connectivity index (χ4v) is 1.50. The fraction of sp³-hybridized carbons (Fsp3) is 0.375. The minimum absolute atomic E-state index is 0.250. The van der Waals surface area contributed by atoms with Crippen molar-refractivity contribution >= 4 is 17.2 Å². The van der Waals surface area contributed by atoms with Crippen LogP contribution in [0.3, 0.4) is 0 Å². The Morgan fingerprint density at radius 3 is 3.00 bits per heavy atom. The Hall–Kier alpha value is -0.940. The van der Waals surface area contributed by atoms with Crippen LogP contribution in [0.4, 0.5) is 4.39 Å². The molecule has 0 aliphatic heterocycles. The molecule has 1 aromatic heterocycles. The Morgan fingerprint density at radius 2 is 2.54 bits per heavy atom. The molecule has 0 spiro atoms. The fourth-order valence-electron chi connectivity index (χ4n) is 0.853. The van der Waals surface area contributed by atoms with Crippen molar-refractivity contribution in [3.8, 4) is 0 Å². The molecule has 0 bridgehead atoms. The number of halogens is 1. The van der Waals surface area contributed by atoms with E-state index >= 15 is 0 Å². The molecule has 3 nitrogen and oxygen atoms in total. The molecule has 1 unspecified atom stereocenters. The lowest BCUT2D eigenvalue weighted by atomic mass is 10.2. The lowest BCUT2D eigenvalue weighted by molar-refractivity contribution is 0.190. The highest BCUT2D eigenvalue weighted by molar-refractivity contribution is 7.08. The van der Waals surface area contributed by atoms with E-state index in [-0.39, 0.29) is 11.0 Å². The van der Waals surface area contributed by atoms with E-state index in [0.717, 1.165) is 11.3 Å². The van der Waals surface area contributed by atoms with Gasteiger partial charge in [0.25, 0.3) is 0 Å². The van der Waals surface area contributed by atoms with Crippen molar-refractivity contribution in [1.82, 2.24) is 0 Å². The van der Waals surface area contributed by atoms with Crippen molar-refractivity contribution in [3.63, 3.8) is 0 Å². The van der Waals surface area contributed by atoms with Gasteiger partial charge in [0.15, 0.2) is 11.2 Å². The first-order chi connectivity index (χ1) is 6.15. The predicted molar refractivity (Wildman–Crippen MR) is 48.6 cm³/mol. The molecule has 0 amide bonds. The minimum atomic E-state index is -1.15. The standard InChI is InChI=1S/C8H10FNO2S/c1-2-12-8(10)7(11)5-3-6(9)13-4-5/h3-4,7,10-11H,2H2,1H3. The van der Waals surface area contributed by atoms with E-state index in [1.165, 1.54) is 11.4 Å². The van der Waals surface area contributed by atoms with Gasteiger partial charge in [-0.1, -0.05) is 0 Å². The number of hydrogen-bond donors (Lipinski definition) is 2. The number of aliphatic hydroxyl groups excluding tert-OH is 1. The van der Waals surface area contributed by atoms with Gasteiger partial charge in [0.1, 0.15) is 0 Å². The van der Waals surface area contributed by atoms with E-state index in [9.17, 15) is 9.50 Å². The van der Waals surface area contributed by atoms with E-state index in [2.05, 4.69) is 0 Å². The van der Waals surface area contributed by atoms with Gasteiger partial charge in [0.2, 0.25) is 5.90 Å². The summed E-state index contributed by atoms with van der Waals surface area (Å²) in [6.07, 6.45) is -1.15. The van der Waals surface area contributed by atoms with E-state index < -0.39 is 6.10 Å². The molecule has 0 aromatic carbocycles. The topological polar surface area (TPSA) is 53.3 Å². The number of aliphatic hydroxyl groups is 1. The molecular weight excluding hydrogens is 193 g/mol. The van der Waals surface area contributed by atoms with Crippen LogP contribution in [-0.4, -0.2) is 17.6 Å². The number of hydrogen-bond acceptors (Lipinski definition) is 4. The van der Waals surface area contributed by atoms with Gasteiger partial charge < -0.3 is 9.84 Å². The molecule has 1 heterocycles. The summed E-state index contributed by atoms with van der Waals surface area (Å²) in [7, 11) is 0. The van der Waals surface area contributed by atoms with Crippen LogP contribution >= 0.6 is 11.3 Å². The number of nitrogens with one attached hydrogen (secondary N) is 1. The summed E-state index contributed by atoms with van der Waals surface area (Å²) in [5.74, 6) is -0.250. The van der Waals surface area contributed by atoms with E-state index in [1.54, 1.807) is 6.92 Å². The smallest absolute Gasteiger partial charge is 0.214 e. The van der Waals surface area contributed by atoms with Gasteiger partial charge in [-0.3, -0.25) is 5.41 Å². The molecule has 5 heteroatoms. The van der Waals surface area contributed by atoms with Gasteiger partial charge in [-0.25, -0.2) is 0 Å². The maximum atomic E-state index is 12.5. The highest BCUT2D eigenvalue weighted by Gasteiger charge is 2.16. The second-order valence-electron chi connectivity index (χ2n) is 2.38. The van der Waals surface area contributed by atoms with Crippen molar-refractivity contribution in [2.24, 2.45) is 0 Å². The Balaban J connectivity index is 2.67. The van der Waals surface area contributed by atoms with Crippen LogP contribution in [0.5, 0.6) is 0 Å². The van der Waals surface area contributed by atoms with Crippen molar-refractivity contribution in [1.29, 1.82) is 5.41 Å². The average Bonchev–Trinajstić information content (AvgIpc) is 2.51. The number of rotatable bonds is 3. The summed E-state index contributed by atoms with van der Waals surface area (Å²) < 4.78 is 17.3. The third-order valence-corrected chi connectivity index (χ3v) is 2.18. The molecule has 13 heavy (non-hydrogen) atoms. The molecule has 0 saturated carbocycles. The average molecular weight is 203 g/mol. The zero-order chi connectivity index (χ0) is 9.84. The maximum absolute atomic E-state index is 12.5. The third kappa shape index (κ3) is 2.50. The van der Waals surface area contributed by atoms with Gasteiger partial charge in [-0.05, 0) is 13.0 Å². The SMILES string of the molecule is CCOC(=N)C(O)c1csc(F)c1. The third-order valence-electron chi connectivity index (χ3n) is 1.45. The Morgan fingerprint density at radius 1 is 1.85 bits per heavy atom. The van der Waals surface area contributed by atoms with E-state index in [4.69, 9.17) is 10.1 Å². The van der Waals surface area contributed by atoms with Gasteiger partial charge in [0.05, 0.1) is 6.61 Å². The quantitative estimate of drug-likeness (QED) is 0.582. The number of thiophene rings is 1. The molecule has 0 saturated heterocycles. The van der Waals surface area contributed by atoms with Crippen LogP contribution in [0.1, 0.15) is 18.6 Å². The zero-order valence-electron chi connectivity index (χ0n) is 7.08. The summed E-state index contributed by atoms with van der Waals surface area (Å²) in [5, 5.41) is 17.8. The van der Waals surface area contributed by atoms with Crippen molar-refractivity contribution in [2.45, 2.75) is 13.0 Å².